The third-order valence-corrected chi connectivity index (χ3v) is 5.51. The van der Waals surface area contributed by atoms with Crippen molar-refractivity contribution in [1.82, 2.24) is 5.32 Å². The maximum absolute atomic E-state index is 11.9. The molecule has 1 atom stereocenters. The van der Waals surface area contributed by atoms with Gasteiger partial charge in [0.25, 0.3) is 0 Å². The zero-order valence-electron chi connectivity index (χ0n) is 20.4. The Bertz CT molecular complexity index is 462. The second kappa shape index (κ2) is 23.1. The van der Waals surface area contributed by atoms with Gasteiger partial charge in [0.15, 0.2) is 5.96 Å². The van der Waals surface area contributed by atoms with Crippen LogP contribution in [-0.2, 0) is 9.53 Å². The highest BCUT2D eigenvalue weighted by Crippen LogP contribution is 2.10. The Labute approximate surface area is 191 Å². The van der Waals surface area contributed by atoms with E-state index >= 15 is 0 Å². The number of aliphatic imine (C=N–C) groups is 1. The van der Waals surface area contributed by atoms with E-state index in [1.165, 1.54) is 90.6 Å². The molecule has 0 unspecified atom stereocenters. The van der Waals surface area contributed by atoms with E-state index in [2.05, 4.69) is 29.4 Å². The molecule has 0 amide bonds. The molecule has 0 radical (unpaired) electrons. The molecule has 0 aromatic rings. The van der Waals surface area contributed by atoms with Crippen LogP contribution < -0.4 is 16.8 Å². The first kappa shape index (κ1) is 29.4. The van der Waals surface area contributed by atoms with Gasteiger partial charge < -0.3 is 21.5 Å². The van der Waals surface area contributed by atoms with Crippen molar-refractivity contribution >= 4 is 11.9 Å². The normalized spacial score (nSPS) is 12.2. The van der Waals surface area contributed by atoms with Crippen molar-refractivity contribution in [1.29, 1.82) is 0 Å². The number of methoxy groups -OCH3 is 1. The van der Waals surface area contributed by atoms with Gasteiger partial charge in [-0.3, -0.25) is 9.79 Å². The first-order valence-electron chi connectivity index (χ1n) is 12.6. The molecule has 0 aliphatic heterocycles. The van der Waals surface area contributed by atoms with Crippen molar-refractivity contribution in [3.05, 3.63) is 12.2 Å². The van der Waals surface area contributed by atoms with E-state index < -0.39 is 0 Å². The number of hydrogen-bond donors (Lipinski definition) is 3. The number of rotatable bonds is 22. The first-order valence-corrected chi connectivity index (χ1v) is 12.6. The molecule has 6 nitrogen and oxygen atoms in total. The molecule has 0 saturated heterocycles. The Balaban J connectivity index is 3.54. The summed E-state index contributed by atoms with van der Waals surface area (Å²) in [6.45, 7) is 3.64. The van der Waals surface area contributed by atoms with Gasteiger partial charge in [-0.2, -0.15) is 0 Å². The van der Waals surface area contributed by atoms with Crippen LogP contribution in [0.15, 0.2) is 17.1 Å². The predicted octanol–water partition coefficient (Wildman–Crippen LogP) is 5.21. The molecule has 5 N–H and O–H groups in total. The Hall–Kier alpha value is -1.56. The topological polar surface area (TPSA) is 103 Å². The van der Waals surface area contributed by atoms with E-state index in [0.717, 1.165) is 19.4 Å². The molecule has 0 heterocycles. The van der Waals surface area contributed by atoms with Crippen molar-refractivity contribution in [2.45, 2.75) is 116 Å². The van der Waals surface area contributed by atoms with Crippen molar-refractivity contribution in [3.8, 4) is 0 Å². The highest BCUT2D eigenvalue weighted by atomic mass is 16.5. The van der Waals surface area contributed by atoms with E-state index in [0.29, 0.717) is 13.0 Å². The van der Waals surface area contributed by atoms with E-state index in [4.69, 9.17) is 16.2 Å². The van der Waals surface area contributed by atoms with Crippen LogP contribution in [0, 0.1) is 0 Å². The van der Waals surface area contributed by atoms with Crippen LogP contribution in [0.2, 0.25) is 0 Å². The summed E-state index contributed by atoms with van der Waals surface area (Å²) >= 11 is 0. The fraction of sp³-hybridized carbons (Fsp3) is 0.840. The van der Waals surface area contributed by atoms with E-state index in [1.807, 2.05) is 0 Å². The Morgan fingerprint density at radius 2 is 1.42 bits per heavy atom. The summed E-state index contributed by atoms with van der Waals surface area (Å²) in [5.74, 6) is -0.124. The lowest BCUT2D eigenvalue weighted by Gasteiger charge is -2.16. The van der Waals surface area contributed by atoms with Crippen LogP contribution >= 0.6 is 0 Å². The van der Waals surface area contributed by atoms with Crippen LogP contribution in [0.5, 0.6) is 0 Å². The molecule has 0 bridgehead atoms. The Morgan fingerprint density at radius 3 is 1.97 bits per heavy atom. The molecule has 0 aliphatic carbocycles. The average Bonchev–Trinajstić information content (AvgIpc) is 2.76. The van der Waals surface area contributed by atoms with E-state index in [1.54, 1.807) is 0 Å². The molecule has 0 saturated carbocycles. The number of allylic oxidation sites excluding steroid dienone is 2. The third-order valence-electron chi connectivity index (χ3n) is 5.51. The summed E-state index contributed by atoms with van der Waals surface area (Å²) < 4.78 is 4.88. The smallest absolute Gasteiger partial charge is 0.322 e. The van der Waals surface area contributed by atoms with Gasteiger partial charge in [-0.25, -0.2) is 0 Å². The lowest BCUT2D eigenvalue weighted by Crippen LogP contribution is -2.38. The standard InChI is InChI=1S/C25H50N4O2/c1-3-4-5-6-7-8-9-10-11-12-13-14-15-16-17-18-21-28-23(24(30)31-2)20-19-22-29-25(26)27/h10-11,23,28H,3-9,12-22H2,1-2H3,(H4,26,27,29)/b11-10-/t23-/m0/s1. The van der Waals surface area contributed by atoms with E-state index in [9.17, 15) is 4.79 Å². The van der Waals surface area contributed by atoms with Crippen LogP contribution in [0.3, 0.4) is 0 Å². The summed E-state index contributed by atoms with van der Waals surface area (Å²) in [6.07, 6.45) is 24.3. The highest BCUT2D eigenvalue weighted by molar-refractivity contribution is 5.76. The number of nitrogens with one attached hydrogen (secondary N) is 1. The molecule has 0 fully saturated rings. The average molecular weight is 439 g/mol. The number of esters is 1. The van der Waals surface area contributed by atoms with Gasteiger partial charge >= 0.3 is 5.97 Å². The number of ether oxygens (including phenoxy) is 1. The number of carbonyl (C=O) groups excluding carboxylic acids is 1. The molecule has 0 aromatic carbocycles. The lowest BCUT2D eigenvalue weighted by molar-refractivity contribution is -0.143. The monoisotopic (exact) mass is 438 g/mol. The maximum atomic E-state index is 11.9. The summed E-state index contributed by atoms with van der Waals surface area (Å²) in [5.41, 5.74) is 10.6. The minimum atomic E-state index is -0.276. The first-order chi connectivity index (χ1) is 15.1. The molecule has 0 aromatic heterocycles. The molecular weight excluding hydrogens is 388 g/mol. The Morgan fingerprint density at radius 1 is 0.871 bits per heavy atom. The van der Waals surface area contributed by atoms with Gasteiger partial charge in [-0.15, -0.1) is 0 Å². The van der Waals surface area contributed by atoms with E-state index in [-0.39, 0.29) is 18.0 Å². The van der Waals surface area contributed by atoms with Crippen LogP contribution in [-0.4, -0.2) is 38.2 Å². The number of hydrogen-bond acceptors (Lipinski definition) is 4. The Kier molecular flexibility index (Phi) is 21.9. The van der Waals surface area contributed by atoms with Crippen molar-refractivity contribution in [2.24, 2.45) is 16.5 Å². The SMILES string of the molecule is CCCCCCCC/C=C\CCCCCCCCN[C@@H](CCCN=C(N)N)C(=O)OC. The van der Waals surface area contributed by atoms with Gasteiger partial charge in [0.2, 0.25) is 0 Å². The fourth-order valence-corrected chi connectivity index (χ4v) is 3.60. The van der Waals surface area contributed by atoms with Gasteiger partial charge in [0.05, 0.1) is 7.11 Å². The van der Waals surface area contributed by atoms with Gasteiger partial charge in [-0.05, 0) is 51.5 Å². The van der Waals surface area contributed by atoms with Gasteiger partial charge in [0.1, 0.15) is 6.04 Å². The second-order valence-electron chi connectivity index (χ2n) is 8.42. The summed E-state index contributed by atoms with van der Waals surface area (Å²) in [5, 5.41) is 3.31. The lowest BCUT2D eigenvalue weighted by atomic mass is 10.1. The van der Waals surface area contributed by atoms with Gasteiger partial charge in [-0.1, -0.05) is 76.9 Å². The van der Waals surface area contributed by atoms with Crippen LogP contribution in [0.4, 0.5) is 0 Å². The molecule has 0 aliphatic rings. The summed E-state index contributed by atoms with van der Waals surface area (Å²) in [7, 11) is 1.43. The largest absolute Gasteiger partial charge is 0.468 e. The molecule has 182 valence electrons. The third kappa shape index (κ3) is 21.5. The summed E-state index contributed by atoms with van der Waals surface area (Å²) in [6, 6.07) is -0.276. The van der Waals surface area contributed by atoms with Crippen molar-refractivity contribution in [2.75, 3.05) is 20.2 Å². The van der Waals surface area contributed by atoms with Crippen molar-refractivity contribution in [3.63, 3.8) is 0 Å². The van der Waals surface area contributed by atoms with Crippen LogP contribution in [0.1, 0.15) is 110 Å². The fourth-order valence-electron chi connectivity index (χ4n) is 3.60. The minimum Gasteiger partial charge on any atom is -0.468 e. The maximum Gasteiger partial charge on any atom is 0.322 e. The number of guanidine groups is 1. The van der Waals surface area contributed by atoms with Crippen molar-refractivity contribution < 1.29 is 9.53 Å². The molecule has 6 heteroatoms. The zero-order chi connectivity index (χ0) is 23.0. The molecular formula is C25H50N4O2. The quantitative estimate of drug-likeness (QED) is 0.0708. The highest BCUT2D eigenvalue weighted by Gasteiger charge is 2.17. The minimum absolute atomic E-state index is 0.0896. The number of nitrogens with two attached hydrogens (primary N) is 2. The number of unbranched alkanes of at least 4 members (excludes halogenated alkanes) is 12. The van der Waals surface area contributed by atoms with Gasteiger partial charge in [0, 0.05) is 6.54 Å². The molecule has 0 spiro atoms. The zero-order valence-corrected chi connectivity index (χ0v) is 20.4. The molecule has 0 rings (SSSR count). The second-order valence-corrected chi connectivity index (χ2v) is 8.42. The summed E-state index contributed by atoms with van der Waals surface area (Å²) in [4.78, 5) is 15.8. The predicted molar refractivity (Wildman–Crippen MR) is 133 cm³/mol. The van der Waals surface area contributed by atoms with Crippen LogP contribution in [0.25, 0.3) is 0 Å². The number of carbonyl (C=O) groups is 1. The number of nitrogens with zero attached hydrogens (tertiary/aromatic N) is 1. The molecule has 31 heavy (non-hydrogen) atoms.